The van der Waals surface area contributed by atoms with Gasteiger partial charge in [-0.05, 0) is 47.6 Å². The molecule has 3 heteroatoms. The molecule has 2 aliphatic carbocycles. The van der Waals surface area contributed by atoms with Crippen LogP contribution >= 0.6 is 0 Å². The molecule has 0 amide bonds. The van der Waals surface area contributed by atoms with Gasteiger partial charge in [-0.3, -0.25) is 4.79 Å². The molecule has 2 aliphatic rings. The van der Waals surface area contributed by atoms with E-state index in [2.05, 4.69) is 36.4 Å². The first-order valence-corrected chi connectivity index (χ1v) is 8.98. The van der Waals surface area contributed by atoms with Crippen molar-refractivity contribution in [2.45, 2.75) is 19.3 Å². The Balaban J connectivity index is 1.54. The topological polar surface area (TPSA) is 46.5 Å². The lowest BCUT2D eigenvalue weighted by Gasteiger charge is -2.28. The predicted molar refractivity (Wildman–Crippen MR) is 95.9 cm³/mol. The van der Waals surface area contributed by atoms with Crippen LogP contribution in [0.4, 0.5) is 0 Å². The molecule has 4 atom stereocenters. The third-order valence-electron chi connectivity index (χ3n) is 6.56. The van der Waals surface area contributed by atoms with E-state index in [1.54, 1.807) is 0 Å². The minimum atomic E-state index is -0.671. The predicted octanol–water partition coefficient (Wildman–Crippen LogP) is 3.26. The molecule has 3 unspecified atom stereocenters. The molecule has 2 saturated carbocycles. The summed E-state index contributed by atoms with van der Waals surface area (Å²) >= 11 is 0. The summed E-state index contributed by atoms with van der Waals surface area (Å²) in [6.45, 7) is -0.107. The molecule has 1 N–H and O–H groups in total. The van der Waals surface area contributed by atoms with Crippen molar-refractivity contribution in [1.82, 2.24) is 0 Å². The molecule has 0 radical (unpaired) electrons. The lowest BCUT2D eigenvalue weighted by Crippen LogP contribution is -2.37. The van der Waals surface area contributed by atoms with Gasteiger partial charge in [-0.15, -0.1) is 0 Å². The normalized spacial score (nSPS) is 31.9. The number of fused-ring (bicyclic) bond motifs is 1. The van der Waals surface area contributed by atoms with Crippen molar-refractivity contribution < 1.29 is 14.6 Å². The maximum Gasteiger partial charge on any atom is 0.315 e. The number of aliphatic hydroxyl groups excluding tert-OH is 1. The standard InChI is InChI=1S/C22H24O3/c1-25-20(24)22(15-23)19-18(14-17-10-6-3-7-11-17)21(19,22)13-12-16-8-4-2-5-9-16/h2-11,18-19,23H,12-15H2,1H3/t18?,19?,21?,22-/m0/s1. The van der Waals surface area contributed by atoms with E-state index in [0.29, 0.717) is 5.92 Å². The fourth-order valence-corrected chi connectivity index (χ4v) is 5.29. The fraction of sp³-hybridized carbons (Fsp3) is 0.409. The van der Waals surface area contributed by atoms with Crippen LogP contribution in [0.15, 0.2) is 60.7 Å². The number of aryl methyl sites for hydroxylation is 1. The smallest absolute Gasteiger partial charge is 0.315 e. The number of hydrogen-bond acceptors (Lipinski definition) is 3. The lowest BCUT2D eigenvalue weighted by atomic mass is 9.77. The Bertz CT molecular complexity index is 757. The molecule has 0 saturated heterocycles. The molecule has 25 heavy (non-hydrogen) atoms. The van der Waals surface area contributed by atoms with Gasteiger partial charge < -0.3 is 9.84 Å². The zero-order chi connectivity index (χ0) is 17.5. The zero-order valence-corrected chi connectivity index (χ0v) is 14.5. The van der Waals surface area contributed by atoms with Crippen LogP contribution < -0.4 is 0 Å². The summed E-state index contributed by atoms with van der Waals surface area (Å²) in [6, 6.07) is 20.8. The summed E-state index contributed by atoms with van der Waals surface area (Å²) in [5, 5.41) is 10.0. The van der Waals surface area contributed by atoms with E-state index in [0.717, 1.165) is 19.3 Å². The summed E-state index contributed by atoms with van der Waals surface area (Å²) < 4.78 is 5.05. The van der Waals surface area contributed by atoms with E-state index < -0.39 is 5.41 Å². The second-order valence-electron chi connectivity index (χ2n) is 7.42. The van der Waals surface area contributed by atoms with Crippen LogP contribution in [0, 0.1) is 22.7 Å². The molecule has 2 aromatic rings. The van der Waals surface area contributed by atoms with Crippen molar-refractivity contribution in [3.8, 4) is 0 Å². The lowest BCUT2D eigenvalue weighted by molar-refractivity contribution is -0.154. The highest BCUT2D eigenvalue weighted by atomic mass is 16.5. The number of aliphatic hydroxyl groups is 1. The highest BCUT2D eigenvalue weighted by Crippen LogP contribution is 2.93. The number of methoxy groups -OCH3 is 1. The molecule has 0 heterocycles. The van der Waals surface area contributed by atoms with Gasteiger partial charge in [-0.1, -0.05) is 60.7 Å². The molecule has 4 rings (SSSR count). The van der Waals surface area contributed by atoms with Crippen LogP contribution in [0.25, 0.3) is 0 Å². The van der Waals surface area contributed by atoms with E-state index in [-0.39, 0.29) is 23.9 Å². The van der Waals surface area contributed by atoms with Gasteiger partial charge in [0.25, 0.3) is 0 Å². The van der Waals surface area contributed by atoms with E-state index in [1.807, 2.05) is 24.3 Å². The Labute approximate surface area is 148 Å². The van der Waals surface area contributed by atoms with Crippen LogP contribution in [0.2, 0.25) is 0 Å². The molecule has 0 spiro atoms. The fourth-order valence-electron chi connectivity index (χ4n) is 5.29. The van der Waals surface area contributed by atoms with Crippen molar-refractivity contribution in [2.24, 2.45) is 22.7 Å². The Kier molecular flexibility index (Phi) is 3.92. The van der Waals surface area contributed by atoms with Crippen LogP contribution in [-0.2, 0) is 22.4 Å². The SMILES string of the molecule is COC(=O)[C@]1(CO)C2C(Cc3ccccc3)C21CCc1ccccc1. The molecular weight excluding hydrogens is 312 g/mol. The maximum atomic E-state index is 12.4. The molecule has 0 bridgehead atoms. The summed E-state index contributed by atoms with van der Waals surface area (Å²) in [7, 11) is 1.43. The molecule has 3 nitrogen and oxygen atoms in total. The van der Waals surface area contributed by atoms with Crippen molar-refractivity contribution in [3.63, 3.8) is 0 Å². The van der Waals surface area contributed by atoms with E-state index >= 15 is 0 Å². The number of esters is 1. The third kappa shape index (κ3) is 2.26. The number of carbonyl (C=O) groups excluding carboxylic acids is 1. The van der Waals surface area contributed by atoms with Crippen molar-refractivity contribution >= 4 is 5.97 Å². The second kappa shape index (κ2) is 5.99. The first kappa shape index (κ1) is 16.3. The Morgan fingerprint density at radius 3 is 2.20 bits per heavy atom. The van der Waals surface area contributed by atoms with Gasteiger partial charge in [0, 0.05) is 0 Å². The average molecular weight is 336 g/mol. The van der Waals surface area contributed by atoms with Gasteiger partial charge in [0.2, 0.25) is 0 Å². The van der Waals surface area contributed by atoms with Gasteiger partial charge in [-0.25, -0.2) is 0 Å². The largest absolute Gasteiger partial charge is 0.469 e. The van der Waals surface area contributed by atoms with Crippen LogP contribution in [0.5, 0.6) is 0 Å². The Morgan fingerprint density at radius 1 is 1.04 bits per heavy atom. The maximum absolute atomic E-state index is 12.4. The summed E-state index contributed by atoms with van der Waals surface area (Å²) in [5.74, 6) is 0.476. The molecule has 0 aromatic heterocycles. The summed E-state index contributed by atoms with van der Waals surface area (Å²) in [4.78, 5) is 12.4. The van der Waals surface area contributed by atoms with Crippen molar-refractivity contribution in [1.29, 1.82) is 0 Å². The monoisotopic (exact) mass is 336 g/mol. The number of ether oxygens (including phenoxy) is 1. The van der Waals surface area contributed by atoms with Crippen LogP contribution in [0.1, 0.15) is 17.5 Å². The molecule has 2 aromatic carbocycles. The minimum Gasteiger partial charge on any atom is -0.469 e. The van der Waals surface area contributed by atoms with Crippen LogP contribution in [0.3, 0.4) is 0 Å². The van der Waals surface area contributed by atoms with E-state index in [1.165, 1.54) is 18.2 Å². The van der Waals surface area contributed by atoms with Gasteiger partial charge in [0.1, 0.15) is 5.41 Å². The number of rotatable bonds is 7. The number of carbonyl (C=O) groups is 1. The second-order valence-corrected chi connectivity index (χ2v) is 7.42. The minimum absolute atomic E-state index is 0.0967. The quantitative estimate of drug-likeness (QED) is 0.790. The first-order chi connectivity index (χ1) is 12.2. The Hall–Kier alpha value is -2.13. The number of benzene rings is 2. The summed E-state index contributed by atoms with van der Waals surface area (Å²) in [6.07, 6.45) is 2.83. The number of hydrogen-bond donors (Lipinski definition) is 1. The highest BCUT2D eigenvalue weighted by molar-refractivity contribution is 5.87. The van der Waals surface area contributed by atoms with Gasteiger partial charge >= 0.3 is 5.97 Å². The van der Waals surface area contributed by atoms with E-state index in [9.17, 15) is 9.90 Å². The first-order valence-electron chi connectivity index (χ1n) is 8.98. The summed E-state index contributed by atoms with van der Waals surface area (Å²) in [5.41, 5.74) is 1.82. The van der Waals surface area contributed by atoms with Crippen molar-refractivity contribution in [3.05, 3.63) is 71.8 Å². The van der Waals surface area contributed by atoms with Gasteiger partial charge in [0.15, 0.2) is 0 Å². The highest BCUT2D eigenvalue weighted by Gasteiger charge is 2.96. The van der Waals surface area contributed by atoms with Crippen LogP contribution in [-0.4, -0.2) is 24.8 Å². The molecule has 130 valence electrons. The average Bonchev–Trinajstić information content (AvgIpc) is 3.51. The molecule has 0 aliphatic heterocycles. The Morgan fingerprint density at radius 2 is 1.64 bits per heavy atom. The van der Waals surface area contributed by atoms with E-state index in [4.69, 9.17) is 4.74 Å². The molecule has 2 fully saturated rings. The zero-order valence-electron chi connectivity index (χ0n) is 14.5. The molecular formula is C22H24O3. The van der Waals surface area contributed by atoms with Gasteiger partial charge in [0.05, 0.1) is 13.7 Å². The van der Waals surface area contributed by atoms with Crippen molar-refractivity contribution in [2.75, 3.05) is 13.7 Å². The third-order valence-corrected chi connectivity index (χ3v) is 6.56. The van der Waals surface area contributed by atoms with Gasteiger partial charge in [-0.2, -0.15) is 0 Å².